The van der Waals surface area contributed by atoms with Gasteiger partial charge in [0.25, 0.3) is 0 Å². The molecule has 2 heteroatoms. The highest BCUT2D eigenvalue weighted by molar-refractivity contribution is 5.04. The fourth-order valence-corrected chi connectivity index (χ4v) is 2.82. The zero-order valence-corrected chi connectivity index (χ0v) is 10.7. The first-order chi connectivity index (χ1) is 7.88. The average molecular weight is 222 g/mol. The maximum absolute atomic E-state index is 2.65. The van der Waals surface area contributed by atoms with Crippen molar-refractivity contribution in [2.45, 2.75) is 39.0 Å². The molecule has 0 aromatic heterocycles. The van der Waals surface area contributed by atoms with Gasteiger partial charge in [-0.2, -0.15) is 0 Å². The Bertz CT molecular complexity index is 219. The molecule has 0 radical (unpaired) electrons. The minimum absolute atomic E-state index is 1.29. The molecule has 92 valence electrons. The molecule has 0 aromatic carbocycles. The summed E-state index contributed by atoms with van der Waals surface area (Å²) in [6.07, 6.45) is 9.20. The first kappa shape index (κ1) is 12.1. The Kier molecular flexibility index (Phi) is 4.86. The fourth-order valence-electron chi connectivity index (χ4n) is 2.82. The lowest BCUT2D eigenvalue weighted by molar-refractivity contribution is 0.176. The summed E-state index contributed by atoms with van der Waals surface area (Å²) >= 11 is 0. The normalized spacial score (nSPS) is 24.7. The third-order valence-corrected chi connectivity index (χ3v) is 4.09. The molecule has 2 aliphatic heterocycles. The minimum Gasteiger partial charge on any atom is -0.302 e. The Morgan fingerprint density at radius 1 is 0.875 bits per heavy atom. The van der Waals surface area contributed by atoms with Crippen molar-refractivity contribution in [2.24, 2.45) is 0 Å². The molecular weight excluding hydrogens is 196 g/mol. The van der Waals surface area contributed by atoms with Gasteiger partial charge in [-0.3, -0.25) is 0 Å². The van der Waals surface area contributed by atoms with Crippen molar-refractivity contribution in [2.75, 3.05) is 39.3 Å². The van der Waals surface area contributed by atoms with E-state index < -0.39 is 0 Å². The molecular formula is C14H26N2. The molecule has 0 saturated carbocycles. The van der Waals surface area contributed by atoms with E-state index in [0.717, 1.165) is 0 Å². The lowest BCUT2D eigenvalue weighted by Gasteiger charge is -2.32. The summed E-state index contributed by atoms with van der Waals surface area (Å²) in [6.45, 7) is 10.0. The number of nitrogens with zero attached hydrogens (tertiary/aromatic N) is 2. The number of rotatable bonds is 3. The van der Waals surface area contributed by atoms with Gasteiger partial charge in [0.15, 0.2) is 0 Å². The van der Waals surface area contributed by atoms with Gasteiger partial charge in [0.2, 0.25) is 0 Å². The second-order valence-electron chi connectivity index (χ2n) is 5.19. The maximum Gasteiger partial charge on any atom is 0.0110 e. The maximum atomic E-state index is 2.65. The zero-order chi connectivity index (χ0) is 11.2. The smallest absolute Gasteiger partial charge is 0.0110 e. The first-order valence-electron chi connectivity index (χ1n) is 6.97. The molecule has 2 heterocycles. The molecule has 0 N–H and O–H groups in total. The van der Waals surface area contributed by atoms with Crippen molar-refractivity contribution < 1.29 is 0 Å². The van der Waals surface area contributed by atoms with E-state index in [1.807, 2.05) is 0 Å². The van der Waals surface area contributed by atoms with Crippen molar-refractivity contribution in [1.82, 2.24) is 9.80 Å². The lowest BCUT2D eigenvalue weighted by Crippen LogP contribution is -2.40. The van der Waals surface area contributed by atoms with Crippen molar-refractivity contribution >= 4 is 0 Å². The number of piperidine rings is 2. The van der Waals surface area contributed by atoms with E-state index in [1.165, 1.54) is 71.4 Å². The molecule has 2 rings (SSSR count). The number of allylic oxidation sites excluding steroid dienone is 1. The van der Waals surface area contributed by atoms with E-state index >= 15 is 0 Å². The Morgan fingerprint density at radius 2 is 1.44 bits per heavy atom. The van der Waals surface area contributed by atoms with Gasteiger partial charge in [0.05, 0.1) is 0 Å². The molecule has 0 amide bonds. The van der Waals surface area contributed by atoms with Crippen LogP contribution in [0, 0.1) is 0 Å². The first-order valence-corrected chi connectivity index (χ1v) is 6.97. The standard InChI is InChI=1S/C14H26N2/c1-2-14-6-10-16(11-7-14)13-12-15-8-4-3-5-9-15/h2H,3-13H2,1H3. The summed E-state index contributed by atoms with van der Waals surface area (Å²) in [4.78, 5) is 5.29. The third kappa shape index (κ3) is 3.60. The van der Waals surface area contributed by atoms with Gasteiger partial charge in [-0.1, -0.05) is 18.1 Å². The van der Waals surface area contributed by atoms with Crippen LogP contribution in [0.4, 0.5) is 0 Å². The van der Waals surface area contributed by atoms with Crippen molar-refractivity contribution in [3.8, 4) is 0 Å². The van der Waals surface area contributed by atoms with Gasteiger partial charge in [-0.25, -0.2) is 0 Å². The average Bonchev–Trinajstić information content (AvgIpc) is 2.38. The fraction of sp³-hybridized carbons (Fsp3) is 0.857. The van der Waals surface area contributed by atoms with Crippen molar-refractivity contribution in [3.63, 3.8) is 0 Å². The highest BCUT2D eigenvalue weighted by Gasteiger charge is 2.15. The topological polar surface area (TPSA) is 6.48 Å². The Morgan fingerprint density at radius 3 is 2.00 bits per heavy atom. The van der Waals surface area contributed by atoms with Crippen LogP contribution in [-0.2, 0) is 0 Å². The third-order valence-electron chi connectivity index (χ3n) is 4.09. The molecule has 0 spiro atoms. The van der Waals surface area contributed by atoms with Crippen LogP contribution in [0.3, 0.4) is 0 Å². The zero-order valence-electron chi connectivity index (χ0n) is 10.7. The van der Waals surface area contributed by atoms with E-state index in [4.69, 9.17) is 0 Å². The molecule has 2 aliphatic rings. The van der Waals surface area contributed by atoms with Crippen LogP contribution in [-0.4, -0.2) is 49.1 Å². The Labute approximate surface area is 100 Å². The summed E-state index contributed by atoms with van der Waals surface area (Å²) < 4.78 is 0. The van der Waals surface area contributed by atoms with E-state index in [9.17, 15) is 0 Å². The molecule has 0 unspecified atom stereocenters. The number of hydrogen-bond acceptors (Lipinski definition) is 2. The van der Waals surface area contributed by atoms with Gasteiger partial charge in [-0.15, -0.1) is 0 Å². The second-order valence-corrected chi connectivity index (χ2v) is 5.19. The van der Waals surface area contributed by atoms with E-state index in [2.05, 4.69) is 22.8 Å². The predicted octanol–water partition coefficient (Wildman–Crippen LogP) is 2.51. The van der Waals surface area contributed by atoms with Gasteiger partial charge in [-0.05, 0) is 45.7 Å². The molecule has 0 aliphatic carbocycles. The van der Waals surface area contributed by atoms with Gasteiger partial charge < -0.3 is 9.80 Å². The van der Waals surface area contributed by atoms with Gasteiger partial charge in [0, 0.05) is 26.2 Å². The largest absolute Gasteiger partial charge is 0.302 e. The van der Waals surface area contributed by atoms with Crippen LogP contribution in [0.5, 0.6) is 0 Å². The second kappa shape index (κ2) is 6.41. The van der Waals surface area contributed by atoms with Crippen LogP contribution in [0.15, 0.2) is 11.6 Å². The van der Waals surface area contributed by atoms with Crippen LogP contribution >= 0.6 is 0 Å². The summed E-state index contributed by atoms with van der Waals surface area (Å²) in [7, 11) is 0. The van der Waals surface area contributed by atoms with Crippen LogP contribution < -0.4 is 0 Å². The summed E-state index contributed by atoms with van der Waals surface area (Å²) in [5.74, 6) is 0. The van der Waals surface area contributed by atoms with E-state index in [1.54, 1.807) is 5.57 Å². The molecule has 2 saturated heterocycles. The van der Waals surface area contributed by atoms with Crippen molar-refractivity contribution in [3.05, 3.63) is 11.6 Å². The van der Waals surface area contributed by atoms with Gasteiger partial charge >= 0.3 is 0 Å². The summed E-state index contributed by atoms with van der Waals surface area (Å²) in [5, 5.41) is 0. The number of hydrogen-bond donors (Lipinski definition) is 0. The SMILES string of the molecule is CC=C1CCN(CCN2CCCCC2)CC1. The Balaban J connectivity index is 1.63. The molecule has 2 fully saturated rings. The molecule has 0 bridgehead atoms. The highest BCUT2D eigenvalue weighted by atomic mass is 15.2. The summed E-state index contributed by atoms with van der Waals surface area (Å²) in [6, 6.07) is 0. The van der Waals surface area contributed by atoms with Crippen LogP contribution in [0.2, 0.25) is 0 Å². The lowest BCUT2D eigenvalue weighted by atomic mass is 10.0. The number of likely N-dealkylation sites (tertiary alicyclic amines) is 2. The van der Waals surface area contributed by atoms with Crippen molar-refractivity contribution in [1.29, 1.82) is 0 Å². The van der Waals surface area contributed by atoms with E-state index in [0.29, 0.717) is 0 Å². The quantitative estimate of drug-likeness (QED) is 0.677. The molecule has 0 aromatic rings. The highest BCUT2D eigenvalue weighted by Crippen LogP contribution is 2.16. The van der Waals surface area contributed by atoms with E-state index in [-0.39, 0.29) is 0 Å². The molecule has 2 nitrogen and oxygen atoms in total. The predicted molar refractivity (Wildman–Crippen MR) is 69.7 cm³/mol. The summed E-state index contributed by atoms with van der Waals surface area (Å²) in [5.41, 5.74) is 1.66. The molecule has 0 atom stereocenters. The van der Waals surface area contributed by atoms with Gasteiger partial charge in [0.1, 0.15) is 0 Å². The van der Waals surface area contributed by atoms with Crippen LogP contribution in [0.25, 0.3) is 0 Å². The Hall–Kier alpha value is -0.340. The monoisotopic (exact) mass is 222 g/mol. The molecule has 16 heavy (non-hydrogen) atoms. The van der Waals surface area contributed by atoms with Crippen LogP contribution in [0.1, 0.15) is 39.0 Å². The minimum atomic E-state index is 1.29.